The van der Waals surface area contributed by atoms with Crippen molar-refractivity contribution < 1.29 is 13.9 Å². The third kappa shape index (κ3) is 3.93. The van der Waals surface area contributed by atoms with Gasteiger partial charge in [0, 0.05) is 23.6 Å². The zero-order chi connectivity index (χ0) is 15.7. The van der Waals surface area contributed by atoms with Gasteiger partial charge in [0.15, 0.2) is 0 Å². The molecule has 1 aromatic rings. The fourth-order valence-corrected chi connectivity index (χ4v) is 2.16. The van der Waals surface area contributed by atoms with Crippen LogP contribution in [0.4, 0.5) is 4.39 Å². The quantitative estimate of drug-likeness (QED) is 0.263. The average molecular weight is 294 g/mol. The number of carbonyl (C=O) groups excluding carboxylic acids is 1. The minimum absolute atomic E-state index is 0.159. The molecule has 0 fully saturated rings. The molecule has 0 saturated carbocycles. The number of hydrogen-bond acceptors (Lipinski definition) is 4. The maximum atomic E-state index is 14.1. The van der Waals surface area contributed by atoms with Crippen LogP contribution in [0.5, 0.6) is 0 Å². The fourth-order valence-electron chi connectivity index (χ4n) is 2.16. The fraction of sp³-hybridized carbons (Fsp3) is 0.500. The Morgan fingerprint density at radius 1 is 1.48 bits per heavy atom. The lowest BCUT2D eigenvalue weighted by Crippen LogP contribution is -2.51. The molecule has 0 spiro atoms. The summed E-state index contributed by atoms with van der Waals surface area (Å²) < 4.78 is 19.2. The normalized spacial score (nSPS) is 13.1. The van der Waals surface area contributed by atoms with E-state index in [9.17, 15) is 9.18 Å². The highest BCUT2D eigenvalue weighted by atomic mass is 19.1. The first-order valence-electron chi connectivity index (χ1n) is 6.80. The SMILES string of the molecule is CCOC(=O)C(CC)(NCCN=[N+]=[N-])c1ccccc1F. The monoisotopic (exact) mass is 294 g/mol. The van der Waals surface area contributed by atoms with Gasteiger partial charge in [-0.2, -0.15) is 0 Å². The summed E-state index contributed by atoms with van der Waals surface area (Å²) >= 11 is 0. The molecule has 7 heteroatoms. The number of rotatable bonds is 8. The molecule has 114 valence electrons. The number of esters is 1. The van der Waals surface area contributed by atoms with Crippen LogP contribution in [0, 0.1) is 5.82 Å². The van der Waals surface area contributed by atoms with Gasteiger partial charge in [0.25, 0.3) is 0 Å². The number of carbonyl (C=O) groups is 1. The Bertz CT molecular complexity index is 531. The molecule has 0 aromatic heterocycles. The van der Waals surface area contributed by atoms with E-state index >= 15 is 0 Å². The van der Waals surface area contributed by atoms with E-state index in [1.165, 1.54) is 6.07 Å². The third-order valence-corrected chi connectivity index (χ3v) is 3.19. The molecule has 1 atom stereocenters. The van der Waals surface area contributed by atoms with E-state index in [0.717, 1.165) is 0 Å². The van der Waals surface area contributed by atoms with E-state index in [0.29, 0.717) is 6.42 Å². The second-order valence-corrected chi connectivity index (χ2v) is 4.34. The van der Waals surface area contributed by atoms with Crippen molar-refractivity contribution in [1.82, 2.24) is 5.32 Å². The first kappa shape index (κ1) is 16.9. The molecule has 0 heterocycles. The Morgan fingerprint density at radius 3 is 2.76 bits per heavy atom. The van der Waals surface area contributed by atoms with Crippen LogP contribution in [0.2, 0.25) is 0 Å². The largest absolute Gasteiger partial charge is 0.464 e. The number of nitrogens with one attached hydrogen (secondary N) is 1. The minimum atomic E-state index is -1.29. The van der Waals surface area contributed by atoms with Gasteiger partial charge in [-0.15, -0.1) is 0 Å². The molecular formula is C14H19FN4O2. The van der Waals surface area contributed by atoms with E-state index in [1.807, 2.05) is 0 Å². The summed E-state index contributed by atoms with van der Waals surface area (Å²) in [5.41, 5.74) is 7.23. The maximum Gasteiger partial charge on any atom is 0.331 e. The van der Waals surface area contributed by atoms with Crippen molar-refractivity contribution in [3.8, 4) is 0 Å². The zero-order valence-corrected chi connectivity index (χ0v) is 12.2. The number of benzene rings is 1. The molecule has 0 amide bonds. The molecule has 6 nitrogen and oxygen atoms in total. The van der Waals surface area contributed by atoms with Crippen LogP contribution in [-0.2, 0) is 15.1 Å². The molecule has 1 rings (SSSR count). The van der Waals surface area contributed by atoms with Crippen molar-refractivity contribution in [2.24, 2.45) is 5.11 Å². The van der Waals surface area contributed by atoms with Gasteiger partial charge in [-0.1, -0.05) is 30.2 Å². The van der Waals surface area contributed by atoms with Gasteiger partial charge < -0.3 is 4.74 Å². The van der Waals surface area contributed by atoms with Gasteiger partial charge in [0.05, 0.1) is 6.61 Å². The Balaban J connectivity index is 3.16. The van der Waals surface area contributed by atoms with Gasteiger partial charge in [-0.3, -0.25) is 5.32 Å². The summed E-state index contributed by atoms with van der Waals surface area (Å²) in [7, 11) is 0. The van der Waals surface area contributed by atoms with Crippen LogP contribution in [0.15, 0.2) is 29.4 Å². The second-order valence-electron chi connectivity index (χ2n) is 4.34. The Morgan fingerprint density at radius 2 is 2.19 bits per heavy atom. The number of halogens is 1. The van der Waals surface area contributed by atoms with Crippen LogP contribution in [0.25, 0.3) is 10.4 Å². The Kier molecular flexibility index (Phi) is 6.65. The highest BCUT2D eigenvalue weighted by Gasteiger charge is 2.41. The van der Waals surface area contributed by atoms with Crippen LogP contribution in [0.1, 0.15) is 25.8 Å². The summed E-state index contributed by atoms with van der Waals surface area (Å²) in [4.78, 5) is 15.0. The third-order valence-electron chi connectivity index (χ3n) is 3.19. The standard InChI is InChI=1S/C14H19FN4O2/c1-3-14(13(20)21-4-2,17-9-10-18-19-16)11-7-5-6-8-12(11)15/h5-8,17H,3-4,9-10H2,1-2H3. The van der Waals surface area contributed by atoms with Gasteiger partial charge >= 0.3 is 5.97 Å². The number of azide groups is 1. The van der Waals surface area contributed by atoms with Crippen LogP contribution in [-0.4, -0.2) is 25.7 Å². The first-order chi connectivity index (χ1) is 10.1. The van der Waals surface area contributed by atoms with Crippen molar-refractivity contribution in [2.45, 2.75) is 25.8 Å². The van der Waals surface area contributed by atoms with Crippen molar-refractivity contribution in [1.29, 1.82) is 0 Å². The topological polar surface area (TPSA) is 87.1 Å². The molecule has 0 radical (unpaired) electrons. The molecule has 0 saturated heterocycles. The predicted octanol–water partition coefficient (Wildman–Crippen LogP) is 2.89. The van der Waals surface area contributed by atoms with Crippen LogP contribution in [0.3, 0.4) is 0 Å². The minimum Gasteiger partial charge on any atom is -0.464 e. The lowest BCUT2D eigenvalue weighted by atomic mass is 9.86. The van der Waals surface area contributed by atoms with Crippen molar-refractivity contribution in [2.75, 3.05) is 19.7 Å². The molecular weight excluding hydrogens is 275 g/mol. The first-order valence-corrected chi connectivity index (χ1v) is 6.80. The average Bonchev–Trinajstić information content (AvgIpc) is 2.49. The molecule has 1 aromatic carbocycles. The number of ether oxygens (including phenoxy) is 1. The Labute approximate surface area is 122 Å². The number of hydrogen-bond donors (Lipinski definition) is 1. The van der Waals surface area contributed by atoms with E-state index in [1.54, 1.807) is 32.0 Å². The maximum absolute atomic E-state index is 14.1. The van der Waals surface area contributed by atoms with Crippen LogP contribution >= 0.6 is 0 Å². The summed E-state index contributed by atoms with van der Waals surface area (Å²) in [6.07, 6.45) is 0.309. The molecule has 0 aliphatic carbocycles. The van der Waals surface area contributed by atoms with Crippen molar-refractivity contribution in [3.63, 3.8) is 0 Å². The van der Waals surface area contributed by atoms with E-state index in [-0.39, 0.29) is 25.3 Å². The lowest BCUT2D eigenvalue weighted by molar-refractivity contribution is -0.152. The smallest absolute Gasteiger partial charge is 0.331 e. The van der Waals surface area contributed by atoms with Crippen LogP contribution < -0.4 is 5.32 Å². The molecule has 0 bridgehead atoms. The highest BCUT2D eigenvalue weighted by molar-refractivity contribution is 5.82. The van der Waals surface area contributed by atoms with E-state index in [4.69, 9.17) is 10.3 Å². The second kappa shape index (κ2) is 8.24. The highest BCUT2D eigenvalue weighted by Crippen LogP contribution is 2.29. The van der Waals surface area contributed by atoms with Gasteiger partial charge in [0.1, 0.15) is 11.4 Å². The van der Waals surface area contributed by atoms with Gasteiger partial charge in [0.2, 0.25) is 0 Å². The van der Waals surface area contributed by atoms with Crippen molar-refractivity contribution in [3.05, 3.63) is 46.1 Å². The molecule has 0 aliphatic heterocycles. The van der Waals surface area contributed by atoms with Gasteiger partial charge in [-0.25, -0.2) is 9.18 Å². The summed E-state index contributed by atoms with van der Waals surface area (Å²) in [5, 5.41) is 6.38. The zero-order valence-electron chi connectivity index (χ0n) is 12.2. The number of nitrogens with zero attached hydrogens (tertiary/aromatic N) is 3. The van der Waals surface area contributed by atoms with E-state index in [2.05, 4.69) is 15.3 Å². The van der Waals surface area contributed by atoms with Crippen molar-refractivity contribution >= 4 is 5.97 Å². The molecule has 1 N–H and O–H groups in total. The van der Waals surface area contributed by atoms with Gasteiger partial charge in [-0.05, 0) is 24.9 Å². The molecule has 0 aliphatic rings. The molecule has 1 unspecified atom stereocenters. The molecule has 21 heavy (non-hydrogen) atoms. The summed E-state index contributed by atoms with van der Waals surface area (Å²) in [5.74, 6) is -1.03. The summed E-state index contributed by atoms with van der Waals surface area (Å²) in [6.45, 7) is 4.06. The van der Waals surface area contributed by atoms with E-state index < -0.39 is 17.3 Å². The summed E-state index contributed by atoms with van der Waals surface area (Å²) in [6, 6.07) is 6.08. The Hall–Kier alpha value is -2.11. The predicted molar refractivity (Wildman–Crippen MR) is 77.0 cm³/mol. The lowest BCUT2D eigenvalue weighted by Gasteiger charge is -2.32.